The van der Waals surface area contributed by atoms with Crippen molar-refractivity contribution in [3.05, 3.63) is 36.4 Å². The molecule has 0 unspecified atom stereocenters. The maximum Gasteiger partial charge on any atom is -0.000585 e. The molecular formula is C7H12Si. The molecule has 0 aliphatic heterocycles. The van der Waals surface area contributed by atoms with Gasteiger partial charge in [0.1, 0.15) is 0 Å². The molecule has 0 bridgehead atoms. The summed E-state index contributed by atoms with van der Waals surface area (Å²) in [4.78, 5) is 0. The standard InChI is InChI=1S/C6H6.CH6Si/c1-2-4-6-5-3-1;1-2/h1-6H;1-2H3. The van der Waals surface area contributed by atoms with Crippen molar-refractivity contribution < 1.29 is 0 Å². The van der Waals surface area contributed by atoms with Crippen molar-refractivity contribution in [1.82, 2.24) is 0 Å². The van der Waals surface area contributed by atoms with E-state index >= 15 is 0 Å². The van der Waals surface area contributed by atoms with E-state index in [0.717, 1.165) is 0 Å². The second kappa shape index (κ2) is 6.44. The third-order valence-corrected chi connectivity index (χ3v) is 0.667. The summed E-state index contributed by atoms with van der Waals surface area (Å²) in [7, 11) is 1.31. The van der Waals surface area contributed by atoms with Crippen LogP contribution >= 0.6 is 0 Å². The van der Waals surface area contributed by atoms with Crippen molar-refractivity contribution in [2.24, 2.45) is 0 Å². The van der Waals surface area contributed by atoms with E-state index in [2.05, 4.69) is 6.55 Å². The quantitative estimate of drug-likeness (QED) is 0.454. The zero-order valence-electron chi connectivity index (χ0n) is 5.46. The molecule has 0 fully saturated rings. The van der Waals surface area contributed by atoms with Crippen LogP contribution in [0.3, 0.4) is 0 Å². The summed E-state index contributed by atoms with van der Waals surface area (Å²) in [5.41, 5.74) is 0. The van der Waals surface area contributed by atoms with Gasteiger partial charge in [-0.3, -0.25) is 0 Å². The molecule has 0 aromatic heterocycles. The fourth-order valence-corrected chi connectivity index (χ4v) is 0.385. The second-order valence-corrected chi connectivity index (χ2v) is 1.15. The summed E-state index contributed by atoms with van der Waals surface area (Å²) < 4.78 is 0. The van der Waals surface area contributed by atoms with Crippen molar-refractivity contribution in [2.75, 3.05) is 0 Å². The summed E-state index contributed by atoms with van der Waals surface area (Å²) in [6.07, 6.45) is 0. The van der Waals surface area contributed by atoms with Gasteiger partial charge < -0.3 is 0 Å². The molecule has 0 atom stereocenters. The van der Waals surface area contributed by atoms with Crippen LogP contribution in [0.25, 0.3) is 0 Å². The Morgan fingerprint density at radius 3 is 0.875 bits per heavy atom. The Balaban J connectivity index is 0.000000222. The van der Waals surface area contributed by atoms with Crippen LogP contribution in [0.1, 0.15) is 0 Å². The van der Waals surface area contributed by atoms with Crippen molar-refractivity contribution >= 4 is 10.2 Å². The van der Waals surface area contributed by atoms with Crippen LogP contribution in [-0.4, -0.2) is 10.2 Å². The molecular weight excluding hydrogens is 112 g/mol. The lowest BCUT2D eigenvalue weighted by Gasteiger charge is -1.69. The SMILES string of the molecule is C[SiH3].c1ccccc1. The molecule has 0 amide bonds. The third-order valence-electron chi connectivity index (χ3n) is 0.667. The zero-order valence-corrected chi connectivity index (χ0v) is 7.46. The van der Waals surface area contributed by atoms with Crippen LogP contribution in [-0.2, 0) is 0 Å². The fourth-order valence-electron chi connectivity index (χ4n) is 0.385. The van der Waals surface area contributed by atoms with E-state index < -0.39 is 0 Å². The summed E-state index contributed by atoms with van der Waals surface area (Å²) in [6, 6.07) is 12.0. The van der Waals surface area contributed by atoms with Gasteiger partial charge in [0.05, 0.1) is 0 Å². The molecule has 1 aromatic carbocycles. The molecule has 1 rings (SSSR count). The Bertz CT molecular complexity index is 76.3. The molecule has 44 valence electrons. The van der Waals surface area contributed by atoms with Gasteiger partial charge in [0.25, 0.3) is 0 Å². The van der Waals surface area contributed by atoms with Crippen molar-refractivity contribution in [2.45, 2.75) is 6.55 Å². The van der Waals surface area contributed by atoms with Crippen LogP contribution in [0.5, 0.6) is 0 Å². The molecule has 0 aliphatic carbocycles. The van der Waals surface area contributed by atoms with Gasteiger partial charge in [0.15, 0.2) is 0 Å². The minimum Gasteiger partial charge on any atom is -0.0777 e. The van der Waals surface area contributed by atoms with Crippen LogP contribution < -0.4 is 0 Å². The summed E-state index contributed by atoms with van der Waals surface area (Å²) in [6.45, 7) is 2.14. The van der Waals surface area contributed by atoms with Crippen LogP contribution in [0, 0.1) is 0 Å². The van der Waals surface area contributed by atoms with E-state index in [1.165, 1.54) is 10.2 Å². The van der Waals surface area contributed by atoms with Gasteiger partial charge >= 0.3 is 0 Å². The first-order chi connectivity index (χ1) is 4.00. The van der Waals surface area contributed by atoms with E-state index in [0.29, 0.717) is 0 Å². The largest absolute Gasteiger partial charge is 0.0777 e. The fraction of sp³-hybridized carbons (Fsp3) is 0.143. The predicted molar refractivity (Wildman–Crippen MR) is 42.2 cm³/mol. The molecule has 0 saturated heterocycles. The smallest absolute Gasteiger partial charge is 0.000585 e. The number of benzene rings is 1. The van der Waals surface area contributed by atoms with Gasteiger partial charge in [-0.25, -0.2) is 0 Å². The zero-order chi connectivity index (χ0) is 6.24. The maximum atomic E-state index is 2.14. The lowest BCUT2D eigenvalue weighted by Crippen LogP contribution is -1.47. The first-order valence-electron chi connectivity index (χ1n) is 3.00. The highest BCUT2D eigenvalue weighted by atomic mass is 28.1. The van der Waals surface area contributed by atoms with Crippen molar-refractivity contribution in [1.29, 1.82) is 0 Å². The highest BCUT2D eigenvalue weighted by Gasteiger charge is 1.57. The number of hydrogen-bond acceptors (Lipinski definition) is 0. The molecule has 1 aromatic rings. The number of rotatable bonds is 0. The Kier molecular flexibility index (Phi) is 5.98. The van der Waals surface area contributed by atoms with Gasteiger partial charge in [-0.15, -0.1) is 0 Å². The van der Waals surface area contributed by atoms with Gasteiger partial charge in [-0.1, -0.05) is 42.9 Å². The average molecular weight is 124 g/mol. The van der Waals surface area contributed by atoms with Gasteiger partial charge in [0, 0.05) is 0 Å². The topological polar surface area (TPSA) is 0 Å². The summed E-state index contributed by atoms with van der Waals surface area (Å²) in [5.74, 6) is 0. The molecule has 0 saturated carbocycles. The van der Waals surface area contributed by atoms with E-state index in [-0.39, 0.29) is 0 Å². The Hall–Kier alpha value is -0.563. The lowest BCUT2D eigenvalue weighted by atomic mass is 10.4. The van der Waals surface area contributed by atoms with E-state index in [4.69, 9.17) is 0 Å². The summed E-state index contributed by atoms with van der Waals surface area (Å²) >= 11 is 0. The normalized spacial score (nSPS) is 7.12. The van der Waals surface area contributed by atoms with Gasteiger partial charge in [-0.05, 0) is 10.2 Å². The van der Waals surface area contributed by atoms with Gasteiger partial charge in [0.2, 0.25) is 0 Å². The predicted octanol–water partition coefficient (Wildman–Crippen LogP) is 1.09. The molecule has 0 aliphatic rings. The molecule has 0 heterocycles. The van der Waals surface area contributed by atoms with E-state index in [1.807, 2.05) is 36.4 Å². The molecule has 0 N–H and O–H groups in total. The molecule has 1 heteroatoms. The first-order valence-corrected chi connectivity index (χ1v) is 5.00. The molecule has 8 heavy (non-hydrogen) atoms. The highest BCUT2D eigenvalue weighted by molar-refractivity contribution is 6.05. The Morgan fingerprint density at radius 2 is 0.750 bits per heavy atom. The van der Waals surface area contributed by atoms with E-state index in [1.54, 1.807) is 0 Å². The van der Waals surface area contributed by atoms with Crippen LogP contribution in [0.2, 0.25) is 6.55 Å². The van der Waals surface area contributed by atoms with Crippen LogP contribution in [0.4, 0.5) is 0 Å². The van der Waals surface area contributed by atoms with Crippen molar-refractivity contribution in [3.63, 3.8) is 0 Å². The van der Waals surface area contributed by atoms with E-state index in [9.17, 15) is 0 Å². The third kappa shape index (κ3) is 3.62. The van der Waals surface area contributed by atoms with Crippen LogP contribution in [0.15, 0.2) is 36.4 Å². The monoisotopic (exact) mass is 124 g/mol. The summed E-state index contributed by atoms with van der Waals surface area (Å²) in [5, 5.41) is 0. The second-order valence-electron chi connectivity index (χ2n) is 1.15. The minimum absolute atomic E-state index is 1.31. The molecule has 0 spiro atoms. The minimum atomic E-state index is 1.31. The highest BCUT2D eigenvalue weighted by Crippen LogP contribution is 1.79. The Morgan fingerprint density at radius 1 is 0.625 bits per heavy atom. The first kappa shape index (κ1) is 7.44. The average Bonchev–Trinajstić information content (AvgIpc) is 1.96. The van der Waals surface area contributed by atoms with Gasteiger partial charge in [-0.2, -0.15) is 0 Å². The molecule has 0 nitrogen and oxygen atoms in total. The maximum absolute atomic E-state index is 2.14. The van der Waals surface area contributed by atoms with Crippen molar-refractivity contribution in [3.8, 4) is 0 Å². The Labute approximate surface area is 54.0 Å². The molecule has 0 radical (unpaired) electrons. The number of hydrogen-bond donors (Lipinski definition) is 0. The lowest BCUT2D eigenvalue weighted by molar-refractivity contribution is 1.72.